The van der Waals surface area contributed by atoms with Gasteiger partial charge in [-0.25, -0.2) is 0 Å². The summed E-state index contributed by atoms with van der Waals surface area (Å²) in [5, 5.41) is 0. The third kappa shape index (κ3) is 3.30. The summed E-state index contributed by atoms with van der Waals surface area (Å²) in [7, 11) is -5.67. The van der Waals surface area contributed by atoms with Crippen LogP contribution in [0.1, 0.15) is 106 Å². The summed E-state index contributed by atoms with van der Waals surface area (Å²) < 4.78 is 67.8. The molecule has 0 aromatic heterocycles. The Hall–Kier alpha value is -0.720. The Morgan fingerprint density at radius 2 is 1.51 bits per heavy atom. The first kappa shape index (κ1) is 25.9. The third-order valence-corrected chi connectivity index (χ3v) is 13.7. The Bertz CT molecular complexity index is 1030. The molecule has 200 valence electrons. The molecule has 0 N–H and O–H groups in total. The fourth-order valence-electron chi connectivity index (χ4n) is 10.8. The Labute approximate surface area is 209 Å². The van der Waals surface area contributed by atoms with Crippen LogP contribution in [0.25, 0.3) is 0 Å². The van der Waals surface area contributed by atoms with E-state index in [-0.39, 0.29) is 27.9 Å². The lowest BCUT2D eigenvalue weighted by Gasteiger charge is -2.72. The van der Waals surface area contributed by atoms with Crippen molar-refractivity contribution in [3.8, 4) is 0 Å². The first-order valence-corrected chi connectivity index (χ1v) is 15.0. The lowest BCUT2D eigenvalue weighted by molar-refractivity contribution is -0.224. The van der Waals surface area contributed by atoms with Crippen LogP contribution < -0.4 is 0 Å². The average Bonchev–Trinajstić information content (AvgIpc) is 3.12. The van der Waals surface area contributed by atoms with Gasteiger partial charge in [-0.3, -0.25) is 0 Å². The Morgan fingerprint density at radius 3 is 2.17 bits per heavy atom. The summed E-state index contributed by atoms with van der Waals surface area (Å²) >= 11 is 0. The van der Waals surface area contributed by atoms with Gasteiger partial charge in [0.15, 0.2) is 0 Å². The van der Waals surface area contributed by atoms with E-state index in [4.69, 9.17) is 4.18 Å². The van der Waals surface area contributed by atoms with E-state index >= 15 is 0 Å². The van der Waals surface area contributed by atoms with Crippen LogP contribution in [-0.2, 0) is 14.3 Å². The molecule has 3 nitrogen and oxygen atoms in total. The molecule has 5 rings (SSSR count). The minimum Gasteiger partial charge on any atom is -0.380 e. The van der Waals surface area contributed by atoms with Crippen LogP contribution in [0.5, 0.6) is 0 Å². The van der Waals surface area contributed by atoms with Gasteiger partial charge in [-0.2, -0.15) is 21.6 Å². The van der Waals surface area contributed by atoms with Crippen LogP contribution in [0.3, 0.4) is 0 Å². The van der Waals surface area contributed by atoms with Crippen LogP contribution in [0.15, 0.2) is 11.8 Å². The lowest BCUT2D eigenvalue weighted by Crippen LogP contribution is -2.64. The monoisotopic (exact) mass is 516 g/mol. The molecule has 0 spiro atoms. The van der Waals surface area contributed by atoms with E-state index in [2.05, 4.69) is 27.7 Å². The SMILES string of the molecule is CC12CCCC1C1CCC3C4(C)CC=C(OS(=O)(=O)C(F)(F)F)C(C)(C)C4CCC3(C)[C@]1(C)CC2. The highest BCUT2D eigenvalue weighted by Crippen LogP contribution is 2.76. The van der Waals surface area contributed by atoms with Gasteiger partial charge < -0.3 is 4.18 Å². The van der Waals surface area contributed by atoms with E-state index in [9.17, 15) is 21.6 Å². The number of allylic oxidation sites excluding steroid dienone is 2. The fraction of sp³-hybridized carbons (Fsp3) is 0.929. The molecule has 5 aliphatic carbocycles. The molecule has 0 radical (unpaired) electrons. The molecule has 0 bridgehead atoms. The molecule has 35 heavy (non-hydrogen) atoms. The highest BCUT2D eigenvalue weighted by atomic mass is 32.2. The summed E-state index contributed by atoms with van der Waals surface area (Å²) in [6.07, 6.45) is 13.3. The standard InChI is InChI=1S/C28H43F3O3S/c1-23(2)20-11-15-27(6)21(25(20,4)14-12-22(23)34-35(32,33)28(29,30)31)10-9-19-18-8-7-13-24(18,3)16-17-26(19,27)5/h12,18-21H,7-11,13-17H2,1-6H3/t18?,19?,20?,21?,24?,25?,26-,27?/m1/s1. The van der Waals surface area contributed by atoms with E-state index in [1.54, 1.807) is 6.08 Å². The van der Waals surface area contributed by atoms with Crippen LogP contribution in [-0.4, -0.2) is 13.9 Å². The Morgan fingerprint density at radius 1 is 0.829 bits per heavy atom. The van der Waals surface area contributed by atoms with Gasteiger partial charge in [-0.1, -0.05) is 48.0 Å². The normalized spacial score (nSPS) is 49.2. The average molecular weight is 517 g/mol. The highest BCUT2D eigenvalue weighted by Gasteiger charge is 2.69. The summed E-state index contributed by atoms with van der Waals surface area (Å²) in [6, 6.07) is 0. The maximum atomic E-state index is 13.1. The second-order valence-corrected chi connectivity index (χ2v) is 15.8. The summed E-state index contributed by atoms with van der Waals surface area (Å²) in [6.45, 7) is 13.7. The van der Waals surface area contributed by atoms with Crippen molar-refractivity contribution in [1.82, 2.24) is 0 Å². The number of alkyl halides is 3. The van der Waals surface area contributed by atoms with Crippen molar-refractivity contribution in [2.45, 2.75) is 111 Å². The summed E-state index contributed by atoms with van der Waals surface area (Å²) in [4.78, 5) is 0. The second-order valence-electron chi connectivity index (χ2n) is 14.3. The third-order valence-electron chi connectivity index (χ3n) is 12.8. The number of fused-ring (bicyclic) bond motifs is 7. The minimum atomic E-state index is -5.67. The molecule has 0 saturated heterocycles. The summed E-state index contributed by atoms with van der Waals surface area (Å²) in [5.41, 5.74) is -5.32. The Kier molecular flexibility index (Phi) is 5.51. The van der Waals surface area contributed by atoms with Crippen molar-refractivity contribution < 1.29 is 25.8 Å². The zero-order valence-corrected chi connectivity index (χ0v) is 23.0. The first-order chi connectivity index (χ1) is 15.9. The number of rotatable bonds is 2. The minimum absolute atomic E-state index is 0.0276. The molecule has 0 aliphatic heterocycles. The van der Waals surface area contributed by atoms with Gasteiger partial charge in [-0.05, 0) is 109 Å². The zero-order valence-electron chi connectivity index (χ0n) is 22.2. The molecule has 0 aromatic carbocycles. The van der Waals surface area contributed by atoms with Crippen LogP contribution >= 0.6 is 0 Å². The molecule has 4 saturated carbocycles. The van der Waals surface area contributed by atoms with Gasteiger partial charge in [0, 0.05) is 5.41 Å². The topological polar surface area (TPSA) is 43.4 Å². The van der Waals surface area contributed by atoms with Gasteiger partial charge in [0.25, 0.3) is 0 Å². The molecule has 7 unspecified atom stereocenters. The quantitative estimate of drug-likeness (QED) is 0.274. The van der Waals surface area contributed by atoms with Crippen molar-refractivity contribution >= 4 is 10.1 Å². The van der Waals surface area contributed by atoms with Crippen molar-refractivity contribution in [3.05, 3.63) is 11.8 Å². The maximum absolute atomic E-state index is 13.1. The fourth-order valence-corrected chi connectivity index (χ4v) is 11.4. The molecule has 8 atom stereocenters. The van der Waals surface area contributed by atoms with E-state index in [1.165, 1.54) is 38.5 Å². The zero-order chi connectivity index (χ0) is 25.9. The van der Waals surface area contributed by atoms with Crippen molar-refractivity contribution in [2.75, 3.05) is 0 Å². The van der Waals surface area contributed by atoms with Gasteiger partial charge in [0.1, 0.15) is 5.76 Å². The van der Waals surface area contributed by atoms with Gasteiger partial charge in [0.2, 0.25) is 0 Å². The molecular formula is C28H43F3O3S. The predicted molar refractivity (Wildman–Crippen MR) is 130 cm³/mol. The van der Waals surface area contributed by atoms with E-state index in [1.807, 2.05) is 13.8 Å². The number of hydrogen-bond donors (Lipinski definition) is 0. The van der Waals surface area contributed by atoms with Crippen molar-refractivity contribution in [1.29, 1.82) is 0 Å². The van der Waals surface area contributed by atoms with E-state index in [0.29, 0.717) is 17.8 Å². The second kappa shape index (κ2) is 7.44. The van der Waals surface area contributed by atoms with Crippen LogP contribution in [0, 0.1) is 50.7 Å². The molecule has 4 fully saturated rings. The smallest absolute Gasteiger partial charge is 0.380 e. The number of halogens is 3. The molecule has 0 amide bonds. The first-order valence-electron chi connectivity index (χ1n) is 13.6. The van der Waals surface area contributed by atoms with Gasteiger partial charge >= 0.3 is 15.6 Å². The largest absolute Gasteiger partial charge is 0.534 e. The van der Waals surface area contributed by atoms with Gasteiger partial charge in [0.05, 0.1) is 0 Å². The van der Waals surface area contributed by atoms with E-state index in [0.717, 1.165) is 31.1 Å². The molecule has 7 heteroatoms. The van der Waals surface area contributed by atoms with Crippen LogP contribution in [0.4, 0.5) is 13.2 Å². The van der Waals surface area contributed by atoms with Gasteiger partial charge in [-0.15, -0.1) is 0 Å². The molecule has 0 heterocycles. The predicted octanol–water partition coefficient (Wildman–Crippen LogP) is 8.22. The molecule has 0 aromatic rings. The summed E-state index contributed by atoms with van der Waals surface area (Å²) in [5.74, 6) is 2.10. The Balaban J connectivity index is 1.49. The number of hydrogen-bond acceptors (Lipinski definition) is 3. The highest BCUT2D eigenvalue weighted by molar-refractivity contribution is 7.87. The molecular weight excluding hydrogens is 473 g/mol. The lowest BCUT2D eigenvalue weighted by atomic mass is 9.33. The van der Waals surface area contributed by atoms with Crippen LogP contribution in [0.2, 0.25) is 0 Å². The van der Waals surface area contributed by atoms with Crippen molar-refractivity contribution in [2.24, 2.45) is 50.7 Å². The van der Waals surface area contributed by atoms with Crippen molar-refractivity contribution in [3.63, 3.8) is 0 Å². The maximum Gasteiger partial charge on any atom is 0.534 e. The molecule has 5 aliphatic rings. The van der Waals surface area contributed by atoms with E-state index < -0.39 is 21.0 Å².